The van der Waals surface area contributed by atoms with Crippen LogP contribution in [0, 0.1) is 25.6 Å². The van der Waals surface area contributed by atoms with Gasteiger partial charge in [-0.2, -0.15) is 0 Å². The predicted molar refractivity (Wildman–Crippen MR) is 60.3 cm³/mol. The van der Waals surface area contributed by atoms with Gasteiger partial charge in [-0.25, -0.2) is 4.39 Å². The van der Waals surface area contributed by atoms with Gasteiger partial charge in [0.2, 0.25) is 0 Å². The molecule has 0 N–H and O–H groups in total. The monoisotopic (exact) mass is 256 g/mol. The van der Waals surface area contributed by atoms with E-state index in [0.717, 1.165) is 17.0 Å². The lowest BCUT2D eigenvalue weighted by Gasteiger charge is -2.15. The summed E-state index contributed by atoms with van der Waals surface area (Å²) in [6, 6.07) is 3.25. The van der Waals surface area contributed by atoms with Gasteiger partial charge in [0.05, 0.1) is 0 Å². The largest absolute Gasteiger partial charge is 0.207 e. The van der Waals surface area contributed by atoms with E-state index in [-0.39, 0.29) is 5.82 Å². The van der Waals surface area contributed by atoms with Gasteiger partial charge in [-0.1, -0.05) is 15.9 Å². The highest BCUT2D eigenvalue weighted by atomic mass is 79.9. The second-order valence-electron chi connectivity index (χ2n) is 4.19. The Kier molecular flexibility index (Phi) is 2.65. The minimum Gasteiger partial charge on any atom is -0.207 e. The van der Waals surface area contributed by atoms with Crippen LogP contribution in [-0.2, 0) is 0 Å². The van der Waals surface area contributed by atoms with Crippen molar-refractivity contribution in [3.05, 3.63) is 34.6 Å². The first kappa shape index (κ1) is 10.2. The topological polar surface area (TPSA) is 0 Å². The van der Waals surface area contributed by atoms with Crippen molar-refractivity contribution in [2.24, 2.45) is 5.92 Å². The number of rotatable bonds is 2. The highest BCUT2D eigenvalue weighted by molar-refractivity contribution is 9.09. The molecule has 2 rings (SSSR count). The van der Waals surface area contributed by atoms with E-state index in [2.05, 4.69) is 15.9 Å². The molecule has 0 bridgehead atoms. The number of benzene rings is 1. The summed E-state index contributed by atoms with van der Waals surface area (Å²) in [5.41, 5.74) is 3.42. The third kappa shape index (κ3) is 1.85. The van der Waals surface area contributed by atoms with Crippen LogP contribution in [-0.4, -0.2) is 0 Å². The smallest absolute Gasteiger partial charge is 0.123 e. The molecule has 0 saturated heterocycles. The minimum absolute atomic E-state index is 0.126. The van der Waals surface area contributed by atoms with Crippen LogP contribution in [0.3, 0.4) is 0 Å². The zero-order valence-electron chi connectivity index (χ0n) is 8.48. The molecule has 1 fully saturated rings. The molecule has 0 spiro atoms. The van der Waals surface area contributed by atoms with E-state index in [1.807, 2.05) is 13.8 Å². The fourth-order valence-electron chi connectivity index (χ4n) is 1.98. The first-order valence-electron chi connectivity index (χ1n) is 5.00. The van der Waals surface area contributed by atoms with Crippen LogP contribution >= 0.6 is 15.9 Å². The Morgan fingerprint density at radius 1 is 1.29 bits per heavy atom. The summed E-state index contributed by atoms with van der Waals surface area (Å²) in [6.45, 7) is 3.98. The van der Waals surface area contributed by atoms with Gasteiger partial charge in [0, 0.05) is 4.83 Å². The third-order valence-electron chi connectivity index (χ3n) is 2.87. The van der Waals surface area contributed by atoms with E-state index < -0.39 is 0 Å². The average Bonchev–Trinajstić information content (AvgIpc) is 2.83. The maximum atomic E-state index is 13.1. The van der Waals surface area contributed by atoms with Crippen molar-refractivity contribution >= 4 is 15.9 Å². The normalized spacial score (nSPS) is 18.3. The van der Waals surface area contributed by atoms with E-state index in [1.165, 1.54) is 18.4 Å². The molecule has 1 aromatic carbocycles. The first-order valence-corrected chi connectivity index (χ1v) is 5.92. The molecule has 0 radical (unpaired) electrons. The van der Waals surface area contributed by atoms with Gasteiger partial charge in [0.15, 0.2) is 0 Å². The Balaban J connectivity index is 2.40. The van der Waals surface area contributed by atoms with Gasteiger partial charge in [-0.3, -0.25) is 0 Å². The average molecular weight is 257 g/mol. The van der Waals surface area contributed by atoms with Crippen LogP contribution in [0.1, 0.15) is 34.4 Å². The number of hydrogen-bond acceptors (Lipinski definition) is 0. The molecule has 76 valence electrons. The Morgan fingerprint density at radius 2 is 1.79 bits per heavy atom. The molecule has 1 saturated carbocycles. The molecule has 2 heteroatoms. The van der Waals surface area contributed by atoms with Crippen molar-refractivity contribution in [2.75, 3.05) is 0 Å². The van der Waals surface area contributed by atoms with Gasteiger partial charge >= 0.3 is 0 Å². The van der Waals surface area contributed by atoms with E-state index in [0.29, 0.717) is 4.83 Å². The second-order valence-corrected chi connectivity index (χ2v) is 5.18. The van der Waals surface area contributed by atoms with Crippen molar-refractivity contribution in [3.63, 3.8) is 0 Å². The summed E-state index contributed by atoms with van der Waals surface area (Å²) in [5, 5.41) is 0. The molecule has 1 unspecified atom stereocenters. The minimum atomic E-state index is -0.126. The maximum Gasteiger partial charge on any atom is 0.123 e. The van der Waals surface area contributed by atoms with E-state index >= 15 is 0 Å². The Bertz CT molecular complexity index is 332. The molecule has 1 atom stereocenters. The van der Waals surface area contributed by atoms with Gasteiger partial charge < -0.3 is 0 Å². The Labute approximate surface area is 92.6 Å². The molecule has 0 aliphatic heterocycles. The lowest BCUT2D eigenvalue weighted by molar-refractivity contribution is 0.623. The summed E-state index contributed by atoms with van der Waals surface area (Å²) >= 11 is 3.72. The zero-order chi connectivity index (χ0) is 10.3. The lowest BCUT2D eigenvalue weighted by atomic mass is 9.97. The summed E-state index contributed by atoms with van der Waals surface area (Å²) < 4.78 is 13.1. The molecule has 0 heterocycles. The van der Waals surface area contributed by atoms with Crippen molar-refractivity contribution in [1.82, 2.24) is 0 Å². The molecule has 14 heavy (non-hydrogen) atoms. The number of halogens is 2. The molecular formula is C12H14BrF. The van der Waals surface area contributed by atoms with Gasteiger partial charge in [-0.15, -0.1) is 0 Å². The van der Waals surface area contributed by atoms with Crippen LogP contribution in [0.4, 0.5) is 4.39 Å². The van der Waals surface area contributed by atoms with Crippen LogP contribution in [0.2, 0.25) is 0 Å². The SMILES string of the molecule is Cc1cc(F)cc(C)c1C(Br)C1CC1. The van der Waals surface area contributed by atoms with E-state index in [1.54, 1.807) is 12.1 Å². The molecule has 1 aliphatic carbocycles. The summed E-state index contributed by atoms with van der Waals surface area (Å²) in [6.07, 6.45) is 2.60. The molecule has 1 aliphatic rings. The van der Waals surface area contributed by atoms with E-state index in [9.17, 15) is 4.39 Å². The van der Waals surface area contributed by atoms with Crippen LogP contribution in [0.15, 0.2) is 12.1 Å². The van der Waals surface area contributed by atoms with Gasteiger partial charge in [0.25, 0.3) is 0 Å². The fourth-order valence-corrected chi connectivity index (χ4v) is 3.23. The van der Waals surface area contributed by atoms with Crippen LogP contribution < -0.4 is 0 Å². The van der Waals surface area contributed by atoms with Crippen LogP contribution in [0.25, 0.3) is 0 Å². The molecule has 0 aromatic heterocycles. The van der Waals surface area contributed by atoms with E-state index in [4.69, 9.17) is 0 Å². The summed E-state index contributed by atoms with van der Waals surface area (Å²) in [4.78, 5) is 0.420. The quantitative estimate of drug-likeness (QED) is 0.693. The highest BCUT2D eigenvalue weighted by Crippen LogP contribution is 2.47. The third-order valence-corrected chi connectivity index (χ3v) is 4.08. The second kappa shape index (κ2) is 3.65. The Hall–Kier alpha value is -0.370. The zero-order valence-corrected chi connectivity index (χ0v) is 10.1. The standard InChI is InChI=1S/C12H14BrF/c1-7-5-10(14)6-8(2)11(7)12(13)9-3-4-9/h5-6,9,12H,3-4H2,1-2H3. The van der Waals surface area contributed by atoms with Crippen molar-refractivity contribution in [1.29, 1.82) is 0 Å². The summed E-state index contributed by atoms with van der Waals surface area (Å²) in [7, 11) is 0. The number of alkyl halides is 1. The number of hydrogen-bond donors (Lipinski definition) is 0. The maximum absolute atomic E-state index is 13.1. The highest BCUT2D eigenvalue weighted by Gasteiger charge is 2.32. The van der Waals surface area contributed by atoms with Gasteiger partial charge in [-0.05, 0) is 61.4 Å². The predicted octanol–water partition coefficient (Wildman–Crippen LogP) is 4.29. The first-order chi connectivity index (χ1) is 6.59. The van der Waals surface area contributed by atoms with Crippen molar-refractivity contribution in [2.45, 2.75) is 31.5 Å². The Morgan fingerprint density at radius 3 is 2.21 bits per heavy atom. The molecular weight excluding hydrogens is 243 g/mol. The van der Waals surface area contributed by atoms with Crippen molar-refractivity contribution < 1.29 is 4.39 Å². The fraction of sp³-hybridized carbons (Fsp3) is 0.500. The van der Waals surface area contributed by atoms with Crippen LogP contribution in [0.5, 0.6) is 0 Å². The summed E-state index contributed by atoms with van der Waals surface area (Å²) in [5.74, 6) is 0.636. The van der Waals surface area contributed by atoms with Crippen molar-refractivity contribution in [3.8, 4) is 0 Å². The molecule has 1 aromatic rings. The molecule has 0 nitrogen and oxygen atoms in total. The number of aryl methyl sites for hydroxylation is 2. The lowest BCUT2D eigenvalue weighted by Crippen LogP contribution is -2.00. The molecule has 0 amide bonds. The van der Waals surface area contributed by atoms with Gasteiger partial charge in [0.1, 0.15) is 5.82 Å².